The molecule has 2 rings (SSSR count). The Balaban J connectivity index is 2.04. The summed E-state index contributed by atoms with van der Waals surface area (Å²) in [5.41, 5.74) is 0.658. The first-order chi connectivity index (χ1) is 9.67. The summed E-state index contributed by atoms with van der Waals surface area (Å²) in [6.07, 6.45) is 3.13. The van der Waals surface area contributed by atoms with Gasteiger partial charge in [0.1, 0.15) is 11.5 Å². The van der Waals surface area contributed by atoms with Gasteiger partial charge in [-0.15, -0.1) is 0 Å². The minimum atomic E-state index is -0.0787. The van der Waals surface area contributed by atoms with Crippen LogP contribution in [0.5, 0.6) is 11.5 Å². The summed E-state index contributed by atoms with van der Waals surface area (Å²) in [7, 11) is 3.17. The molecule has 0 unspecified atom stereocenters. The minimum Gasteiger partial charge on any atom is -0.497 e. The van der Waals surface area contributed by atoms with Gasteiger partial charge in [-0.1, -0.05) is 0 Å². The van der Waals surface area contributed by atoms with E-state index in [1.807, 2.05) is 16.7 Å². The average Bonchev–Trinajstić information content (AvgIpc) is 2.96. The second-order valence-corrected chi connectivity index (χ2v) is 5.73. The molecule has 20 heavy (non-hydrogen) atoms. The fraction of sp³-hybridized carbons (Fsp3) is 0.500. The fourth-order valence-electron chi connectivity index (χ4n) is 2.20. The van der Waals surface area contributed by atoms with Gasteiger partial charge in [-0.25, -0.2) is 4.79 Å². The third-order valence-electron chi connectivity index (χ3n) is 3.42. The van der Waals surface area contributed by atoms with Crippen LogP contribution in [0.1, 0.15) is 6.42 Å². The number of thioether (sulfide) groups is 1. The van der Waals surface area contributed by atoms with Crippen LogP contribution in [0.4, 0.5) is 10.5 Å². The highest BCUT2D eigenvalue weighted by Crippen LogP contribution is 2.29. The number of urea groups is 1. The largest absolute Gasteiger partial charge is 0.497 e. The van der Waals surface area contributed by atoms with E-state index in [-0.39, 0.29) is 6.03 Å². The highest BCUT2D eigenvalue weighted by Gasteiger charge is 2.26. The monoisotopic (exact) mass is 296 g/mol. The number of rotatable bonds is 4. The Morgan fingerprint density at radius 2 is 2.20 bits per heavy atom. The van der Waals surface area contributed by atoms with Gasteiger partial charge < -0.3 is 19.7 Å². The second-order valence-electron chi connectivity index (χ2n) is 4.59. The number of ether oxygens (including phenoxy) is 2. The van der Waals surface area contributed by atoms with Crippen LogP contribution in [-0.4, -0.2) is 49.7 Å². The quantitative estimate of drug-likeness (QED) is 0.928. The lowest BCUT2D eigenvalue weighted by Crippen LogP contribution is -2.33. The van der Waals surface area contributed by atoms with Crippen molar-refractivity contribution in [2.45, 2.75) is 11.7 Å². The van der Waals surface area contributed by atoms with Crippen molar-refractivity contribution in [2.24, 2.45) is 0 Å². The molecule has 1 aliphatic heterocycles. The molecule has 110 valence electrons. The predicted molar refractivity (Wildman–Crippen MR) is 82.1 cm³/mol. The molecule has 1 atom stereocenters. The lowest BCUT2D eigenvalue weighted by Gasteiger charge is -2.18. The molecule has 6 heteroatoms. The lowest BCUT2D eigenvalue weighted by molar-refractivity contribution is 0.222. The molecule has 2 amide bonds. The molecule has 1 aliphatic rings. The van der Waals surface area contributed by atoms with Crippen LogP contribution in [0.3, 0.4) is 0 Å². The maximum Gasteiger partial charge on any atom is 0.321 e. The number of likely N-dealkylation sites (tertiary alicyclic amines) is 1. The molecular weight excluding hydrogens is 276 g/mol. The number of hydrogen-bond donors (Lipinski definition) is 1. The number of carbonyl (C=O) groups excluding carboxylic acids is 1. The predicted octanol–water partition coefficient (Wildman–Crippen LogP) is 2.67. The van der Waals surface area contributed by atoms with Gasteiger partial charge in [0.25, 0.3) is 0 Å². The Kier molecular flexibility index (Phi) is 5.00. The average molecular weight is 296 g/mol. The van der Waals surface area contributed by atoms with Crippen molar-refractivity contribution >= 4 is 23.5 Å². The van der Waals surface area contributed by atoms with Crippen LogP contribution in [0.25, 0.3) is 0 Å². The number of hydrogen-bond acceptors (Lipinski definition) is 4. The molecular formula is C14H20N2O3S. The molecule has 0 aromatic heterocycles. The zero-order chi connectivity index (χ0) is 14.5. The number of anilines is 1. The normalized spacial score (nSPS) is 17.9. The Morgan fingerprint density at radius 1 is 1.40 bits per heavy atom. The van der Waals surface area contributed by atoms with E-state index in [4.69, 9.17) is 9.47 Å². The van der Waals surface area contributed by atoms with E-state index in [9.17, 15) is 4.79 Å². The smallest absolute Gasteiger partial charge is 0.321 e. The lowest BCUT2D eigenvalue weighted by atomic mass is 10.2. The minimum absolute atomic E-state index is 0.0787. The van der Waals surface area contributed by atoms with Crippen LogP contribution < -0.4 is 14.8 Å². The summed E-state index contributed by atoms with van der Waals surface area (Å²) >= 11 is 1.81. The Morgan fingerprint density at radius 3 is 2.80 bits per heavy atom. The van der Waals surface area contributed by atoms with Gasteiger partial charge in [0.05, 0.1) is 19.9 Å². The van der Waals surface area contributed by atoms with E-state index < -0.39 is 0 Å². The number of nitrogens with one attached hydrogen (secondary N) is 1. The van der Waals surface area contributed by atoms with Crippen LogP contribution in [0.15, 0.2) is 18.2 Å². The molecule has 1 aromatic carbocycles. The van der Waals surface area contributed by atoms with E-state index in [0.717, 1.165) is 19.5 Å². The summed E-state index contributed by atoms with van der Waals surface area (Å²) in [5, 5.41) is 3.44. The molecule has 0 bridgehead atoms. The van der Waals surface area contributed by atoms with Crippen molar-refractivity contribution in [3.8, 4) is 11.5 Å². The van der Waals surface area contributed by atoms with Crippen molar-refractivity contribution in [3.63, 3.8) is 0 Å². The molecule has 0 spiro atoms. The maximum atomic E-state index is 12.2. The van der Waals surface area contributed by atoms with Gasteiger partial charge >= 0.3 is 6.03 Å². The first-order valence-electron chi connectivity index (χ1n) is 6.48. The molecule has 1 aromatic rings. The number of nitrogens with zero attached hydrogens (tertiary/aromatic N) is 1. The number of benzene rings is 1. The van der Waals surface area contributed by atoms with Crippen molar-refractivity contribution in [1.82, 2.24) is 4.90 Å². The topological polar surface area (TPSA) is 50.8 Å². The second kappa shape index (κ2) is 6.74. The summed E-state index contributed by atoms with van der Waals surface area (Å²) in [6, 6.07) is 5.26. The Bertz CT molecular complexity index is 481. The fourth-order valence-corrected chi connectivity index (χ4v) is 2.87. The third-order valence-corrected chi connectivity index (χ3v) is 4.47. The zero-order valence-electron chi connectivity index (χ0n) is 12.0. The van der Waals surface area contributed by atoms with Crippen molar-refractivity contribution in [3.05, 3.63) is 18.2 Å². The van der Waals surface area contributed by atoms with Gasteiger partial charge in [0, 0.05) is 24.4 Å². The number of amides is 2. The van der Waals surface area contributed by atoms with Crippen molar-refractivity contribution in [2.75, 3.05) is 38.9 Å². The van der Waals surface area contributed by atoms with E-state index in [2.05, 4.69) is 11.6 Å². The summed E-state index contributed by atoms with van der Waals surface area (Å²) in [6.45, 7) is 1.60. The zero-order valence-corrected chi connectivity index (χ0v) is 12.8. The number of carbonyl (C=O) groups is 1. The molecule has 0 aliphatic carbocycles. The molecule has 1 N–H and O–H groups in total. The van der Waals surface area contributed by atoms with Crippen molar-refractivity contribution in [1.29, 1.82) is 0 Å². The van der Waals surface area contributed by atoms with Gasteiger partial charge in [-0.05, 0) is 24.8 Å². The SMILES string of the molecule is COc1ccc(NC(=O)N2CC[C@@H](SC)C2)c(OC)c1. The third kappa shape index (κ3) is 3.30. The van der Waals surface area contributed by atoms with Gasteiger partial charge in [0.15, 0.2) is 0 Å². The molecule has 1 fully saturated rings. The molecule has 0 radical (unpaired) electrons. The molecule has 1 heterocycles. The standard InChI is InChI=1S/C14H20N2O3S/c1-18-10-4-5-12(13(8-10)19-2)15-14(17)16-7-6-11(9-16)20-3/h4-5,8,11H,6-7,9H2,1-3H3,(H,15,17)/t11-/m1/s1. The van der Waals surface area contributed by atoms with Crippen molar-refractivity contribution < 1.29 is 14.3 Å². The Labute approximate surface area is 123 Å². The van der Waals surface area contributed by atoms with E-state index in [1.54, 1.807) is 32.4 Å². The highest BCUT2D eigenvalue weighted by molar-refractivity contribution is 7.99. The molecule has 0 saturated carbocycles. The molecule has 1 saturated heterocycles. The summed E-state index contributed by atoms with van der Waals surface area (Å²) in [5.74, 6) is 1.29. The summed E-state index contributed by atoms with van der Waals surface area (Å²) in [4.78, 5) is 14.1. The maximum absolute atomic E-state index is 12.2. The van der Waals surface area contributed by atoms with E-state index in [0.29, 0.717) is 22.4 Å². The van der Waals surface area contributed by atoms with E-state index in [1.165, 1.54) is 0 Å². The van der Waals surface area contributed by atoms with Gasteiger partial charge in [-0.3, -0.25) is 0 Å². The molecule has 5 nitrogen and oxygen atoms in total. The van der Waals surface area contributed by atoms with Gasteiger partial charge in [-0.2, -0.15) is 11.8 Å². The first-order valence-corrected chi connectivity index (χ1v) is 7.77. The van der Waals surface area contributed by atoms with E-state index >= 15 is 0 Å². The first kappa shape index (κ1) is 14.8. The highest BCUT2D eigenvalue weighted by atomic mass is 32.2. The van der Waals surface area contributed by atoms with Gasteiger partial charge in [0.2, 0.25) is 0 Å². The van der Waals surface area contributed by atoms with Crippen LogP contribution in [-0.2, 0) is 0 Å². The van der Waals surface area contributed by atoms with Crippen LogP contribution >= 0.6 is 11.8 Å². The Hall–Kier alpha value is -1.56. The summed E-state index contributed by atoms with van der Waals surface area (Å²) < 4.78 is 10.4. The van der Waals surface area contributed by atoms with Crippen LogP contribution in [0.2, 0.25) is 0 Å². The van der Waals surface area contributed by atoms with Crippen LogP contribution in [0, 0.1) is 0 Å². The number of methoxy groups -OCH3 is 2.